The Morgan fingerprint density at radius 3 is 2.38 bits per heavy atom. The normalized spacial score (nSPS) is 16.9. The number of hydrogen-bond donors (Lipinski definition) is 3. The maximum absolute atomic E-state index is 11.4. The summed E-state index contributed by atoms with van der Waals surface area (Å²) in [6.45, 7) is 10.7. The highest BCUT2D eigenvalue weighted by Crippen LogP contribution is 2.15. The van der Waals surface area contributed by atoms with Gasteiger partial charge in [-0.3, -0.25) is 4.79 Å². The molecule has 0 saturated heterocycles. The van der Waals surface area contributed by atoms with Gasteiger partial charge in [0.05, 0.1) is 11.6 Å². The lowest BCUT2D eigenvalue weighted by Gasteiger charge is -2.27. The van der Waals surface area contributed by atoms with Crippen molar-refractivity contribution in [2.45, 2.75) is 52.7 Å². The summed E-state index contributed by atoms with van der Waals surface area (Å²) in [7, 11) is 0. The van der Waals surface area contributed by atoms with Gasteiger partial charge >= 0.3 is 0 Å². The minimum Gasteiger partial charge on any atom is -0.389 e. The van der Waals surface area contributed by atoms with E-state index < -0.39 is 5.60 Å². The zero-order valence-corrected chi connectivity index (χ0v) is 11.1. The van der Waals surface area contributed by atoms with Gasteiger partial charge in [-0.15, -0.1) is 0 Å². The van der Waals surface area contributed by atoms with Crippen molar-refractivity contribution in [2.75, 3.05) is 13.1 Å². The fourth-order valence-corrected chi connectivity index (χ4v) is 1.74. The van der Waals surface area contributed by atoms with E-state index in [0.29, 0.717) is 19.0 Å². The molecule has 4 heteroatoms. The van der Waals surface area contributed by atoms with Crippen LogP contribution in [0.1, 0.15) is 41.0 Å². The van der Waals surface area contributed by atoms with E-state index in [1.165, 1.54) is 0 Å². The van der Waals surface area contributed by atoms with Crippen molar-refractivity contribution in [1.82, 2.24) is 10.6 Å². The first-order chi connectivity index (χ1) is 7.28. The topological polar surface area (TPSA) is 61.4 Å². The Morgan fingerprint density at radius 2 is 1.94 bits per heavy atom. The minimum atomic E-state index is -0.755. The molecular formula is C12H26N2O2. The van der Waals surface area contributed by atoms with E-state index >= 15 is 0 Å². The zero-order valence-electron chi connectivity index (χ0n) is 11.1. The molecule has 0 fully saturated rings. The van der Waals surface area contributed by atoms with E-state index in [9.17, 15) is 9.90 Å². The molecule has 0 aromatic carbocycles. The molecule has 0 aliphatic rings. The number of rotatable bonds is 7. The maximum Gasteiger partial charge on any atom is 0.236 e. The van der Waals surface area contributed by atoms with E-state index in [4.69, 9.17) is 0 Å². The summed E-state index contributed by atoms with van der Waals surface area (Å²) in [5, 5.41) is 15.8. The molecular weight excluding hydrogens is 204 g/mol. The zero-order chi connectivity index (χ0) is 12.8. The number of likely N-dealkylation sites (N-methyl/N-ethyl adjacent to an activating group) is 1. The van der Waals surface area contributed by atoms with E-state index in [0.717, 1.165) is 6.42 Å². The Morgan fingerprint density at radius 1 is 1.38 bits per heavy atom. The third-order valence-corrected chi connectivity index (χ3v) is 2.38. The third kappa shape index (κ3) is 6.80. The summed E-state index contributed by atoms with van der Waals surface area (Å²) in [6.07, 6.45) is 0.724. The number of carbonyl (C=O) groups excluding carboxylic acids is 1. The first-order valence-corrected chi connectivity index (χ1v) is 6.02. The van der Waals surface area contributed by atoms with E-state index in [1.54, 1.807) is 13.8 Å². The van der Waals surface area contributed by atoms with Crippen LogP contribution in [-0.4, -0.2) is 35.7 Å². The van der Waals surface area contributed by atoms with Crippen LogP contribution in [-0.2, 0) is 4.79 Å². The molecule has 0 heterocycles. The molecule has 4 nitrogen and oxygen atoms in total. The molecule has 2 unspecified atom stereocenters. The molecule has 3 N–H and O–H groups in total. The standard InChI is InChI=1S/C12H26N2O2/c1-6-13-11(15)10(4)14-8-12(5,16)7-9(2)3/h9-10,14,16H,6-8H2,1-5H3,(H,13,15). The summed E-state index contributed by atoms with van der Waals surface area (Å²) in [4.78, 5) is 11.4. The van der Waals surface area contributed by atoms with Crippen molar-refractivity contribution in [1.29, 1.82) is 0 Å². The minimum absolute atomic E-state index is 0.0251. The van der Waals surface area contributed by atoms with E-state index in [2.05, 4.69) is 24.5 Å². The Labute approximate surface area is 98.8 Å². The molecule has 0 rings (SSSR count). The summed E-state index contributed by atoms with van der Waals surface area (Å²) >= 11 is 0. The predicted molar refractivity (Wildman–Crippen MR) is 66.2 cm³/mol. The molecule has 96 valence electrons. The summed E-state index contributed by atoms with van der Waals surface area (Å²) < 4.78 is 0. The van der Waals surface area contributed by atoms with Crippen LogP contribution in [0.2, 0.25) is 0 Å². The van der Waals surface area contributed by atoms with Crippen molar-refractivity contribution in [3.63, 3.8) is 0 Å². The summed E-state index contributed by atoms with van der Waals surface area (Å²) in [6, 6.07) is -0.265. The predicted octanol–water partition coefficient (Wildman–Crippen LogP) is 0.898. The van der Waals surface area contributed by atoms with Crippen molar-refractivity contribution in [3.05, 3.63) is 0 Å². The molecule has 1 amide bonds. The van der Waals surface area contributed by atoms with Gasteiger partial charge in [0.2, 0.25) is 5.91 Å². The van der Waals surface area contributed by atoms with Crippen LogP contribution in [0, 0.1) is 5.92 Å². The Balaban J connectivity index is 3.98. The van der Waals surface area contributed by atoms with E-state index in [-0.39, 0.29) is 11.9 Å². The van der Waals surface area contributed by atoms with Gasteiger partial charge in [0.25, 0.3) is 0 Å². The van der Waals surface area contributed by atoms with E-state index in [1.807, 2.05) is 6.92 Å². The number of aliphatic hydroxyl groups is 1. The molecule has 0 aliphatic heterocycles. The van der Waals surface area contributed by atoms with Crippen LogP contribution >= 0.6 is 0 Å². The van der Waals surface area contributed by atoms with Crippen molar-refractivity contribution in [2.24, 2.45) is 5.92 Å². The van der Waals surface area contributed by atoms with Gasteiger partial charge in [-0.05, 0) is 33.1 Å². The SMILES string of the molecule is CCNC(=O)C(C)NCC(C)(O)CC(C)C. The lowest BCUT2D eigenvalue weighted by molar-refractivity contribution is -0.122. The fraction of sp³-hybridized carbons (Fsp3) is 0.917. The third-order valence-electron chi connectivity index (χ3n) is 2.38. The van der Waals surface area contributed by atoms with Crippen molar-refractivity contribution < 1.29 is 9.90 Å². The summed E-state index contributed by atoms with van der Waals surface area (Å²) in [5.41, 5.74) is -0.755. The first kappa shape index (κ1) is 15.4. The number of hydrogen-bond acceptors (Lipinski definition) is 3. The Bertz CT molecular complexity index is 215. The van der Waals surface area contributed by atoms with Gasteiger partial charge in [0.15, 0.2) is 0 Å². The monoisotopic (exact) mass is 230 g/mol. The fourth-order valence-electron chi connectivity index (χ4n) is 1.74. The molecule has 0 aromatic heterocycles. The molecule has 0 aliphatic carbocycles. The van der Waals surface area contributed by atoms with Gasteiger partial charge in [0, 0.05) is 13.1 Å². The smallest absolute Gasteiger partial charge is 0.236 e. The summed E-state index contributed by atoms with van der Waals surface area (Å²) in [5.74, 6) is 0.416. The highest BCUT2D eigenvalue weighted by molar-refractivity contribution is 5.81. The molecule has 0 bridgehead atoms. The lowest BCUT2D eigenvalue weighted by atomic mass is 9.94. The second-order valence-corrected chi connectivity index (χ2v) is 5.09. The molecule has 0 spiro atoms. The molecule has 0 aromatic rings. The highest BCUT2D eigenvalue weighted by Gasteiger charge is 2.23. The van der Waals surface area contributed by atoms with Crippen LogP contribution in [0.4, 0.5) is 0 Å². The molecule has 0 saturated carbocycles. The van der Waals surface area contributed by atoms with Crippen LogP contribution in [0.15, 0.2) is 0 Å². The van der Waals surface area contributed by atoms with Crippen LogP contribution in [0.5, 0.6) is 0 Å². The van der Waals surface area contributed by atoms with Crippen molar-refractivity contribution in [3.8, 4) is 0 Å². The largest absolute Gasteiger partial charge is 0.389 e. The van der Waals surface area contributed by atoms with Crippen LogP contribution in [0.25, 0.3) is 0 Å². The Hall–Kier alpha value is -0.610. The van der Waals surface area contributed by atoms with Gasteiger partial charge in [-0.2, -0.15) is 0 Å². The van der Waals surface area contributed by atoms with Gasteiger partial charge in [-0.25, -0.2) is 0 Å². The lowest BCUT2D eigenvalue weighted by Crippen LogP contribution is -2.48. The van der Waals surface area contributed by atoms with Gasteiger partial charge < -0.3 is 15.7 Å². The Kier molecular flexibility index (Phi) is 6.60. The first-order valence-electron chi connectivity index (χ1n) is 6.02. The number of amides is 1. The molecule has 16 heavy (non-hydrogen) atoms. The second-order valence-electron chi connectivity index (χ2n) is 5.09. The molecule has 2 atom stereocenters. The maximum atomic E-state index is 11.4. The quantitative estimate of drug-likeness (QED) is 0.609. The van der Waals surface area contributed by atoms with Crippen LogP contribution in [0.3, 0.4) is 0 Å². The number of carbonyl (C=O) groups is 1. The molecule has 0 radical (unpaired) electrons. The van der Waals surface area contributed by atoms with Gasteiger partial charge in [-0.1, -0.05) is 13.8 Å². The van der Waals surface area contributed by atoms with Gasteiger partial charge in [0.1, 0.15) is 0 Å². The average Bonchev–Trinajstić information content (AvgIpc) is 2.12. The van der Waals surface area contributed by atoms with Crippen LogP contribution < -0.4 is 10.6 Å². The van der Waals surface area contributed by atoms with Crippen molar-refractivity contribution >= 4 is 5.91 Å². The number of nitrogens with one attached hydrogen (secondary N) is 2. The average molecular weight is 230 g/mol. The second kappa shape index (κ2) is 6.86. The highest BCUT2D eigenvalue weighted by atomic mass is 16.3.